The lowest BCUT2D eigenvalue weighted by Gasteiger charge is -2.36. The summed E-state index contributed by atoms with van der Waals surface area (Å²) in [7, 11) is 0. The lowest BCUT2D eigenvalue weighted by Crippen LogP contribution is -2.37. The smallest absolute Gasteiger partial charge is 0.0725 e. The van der Waals surface area contributed by atoms with Crippen LogP contribution in [0.5, 0.6) is 0 Å². The van der Waals surface area contributed by atoms with E-state index in [-0.39, 0.29) is 0 Å². The Kier molecular flexibility index (Phi) is 3.29. The molecule has 1 aliphatic heterocycles. The zero-order valence-corrected chi connectivity index (χ0v) is 11.4. The molecule has 0 radical (unpaired) electrons. The summed E-state index contributed by atoms with van der Waals surface area (Å²) in [4.78, 5) is 0. The minimum absolute atomic E-state index is 0.624. The number of hydrogen-bond donors (Lipinski definition) is 1. The first kappa shape index (κ1) is 12.0. The average Bonchev–Trinajstić information content (AvgIpc) is 2.81. The minimum Gasteiger partial charge on any atom is -0.382 e. The number of hydrogen-bond acceptors (Lipinski definition) is 2. The fourth-order valence-corrected chi connectivity index (χ4v) is 3.42. The first-order valence-corrected chi connectivity index (χ1v) is 7.20. The average molecular weight is 245 g/mol. The molecule has 2 unspecified atom stereocenters. The van der Waals surface area contributed by atoms with Gasteiger partial charge in [0.2, 0.25) is 0 Å². The summed E-state index contributed by atoms with van der Waals surface area (Å²) in [5, 5.41) is 3.75. The van der Waals surface area contributed by atoms with E-state index in [1.54, 1.807) is 0 Å². The van der Waals surface area contributed by atoms with Gasteiger partial charge in [-0.2, -0.15) is 0 Å². The highest BCUT2D eigenvalue weighted by atomic mass is 16.5. The second kappa shape index (κ2) is 4.93. The number of nitrogens with one attached hydrogen (secondary N) is 1. The zero-order chi connectivity index (χ0) is 12.5. The van der Waals surface area contributed by atoms with Gasteiger partial charge in [0.15, 0.2) is 0 Å². The molecule has 2 heteroatoms. The molecule has 0 amide bonds. The maximum Gasteiger partial charge on any atom is 0.0725 e. The van der Waals surface area contributed by atoms with Crippen LogP contribution < -0.4 is 5.32 Å². The summed E-state index contributed by atoms with van der Waals surface area (Å²) in [6, 6.07) is 7.32. The number of rotatable bonds is 2. The van der Waals surface area contributed by atoms with E-state index in [9.17, 15) is 0 Å². The van der Waals surface area contributed by atoms with Gasteiger partial charge in [0.1, 0.15) is 0 Å². The monoisotopic (exact) mass is 245 g/mol. The van der Waals surface area contributed by atoms with Gasteiger partial charge in [-0.05, 0) is 47.9 Å². The van der Waals surface area contributed by atoms with Gasteiger partial charge in [0.25, 0.3) is 0 Å². The molecule has 1 aromatic carbocycles. The van der Waals surface area contributed by atoms with Crippen molar-refractivity contribution in [3.63, 3.8) is 0 Å². The van der Waals surface area contributed by atoms with Gasteiger partial charge >= 0.3 is 0 Å². The van der Waals surface area contributed by atoms with Crippen molar-refractivity contribution in [3.8, 4) is 0 Å². The normalized spacial score (nSPS) is 31.1. The standard InChI is InChI=1S/C16H23NO/c1-11-4-3-5-12(2)16(11)17-15-7-6-13-9-18-10-14(13)8-15/h6-8,11-12,16-17H,3-5,9-10H2,1-2H3. The van der Waals surface area contributed by atoms with Crippen molar-refractivity contribution in [3.05, 3.63) is 29.3 Å². The Labute approximate surface area is 110 Å². The van der Waals surface area contributed by atoms with Gasteiger partial charge in [-0.15, -0.1) is 0 Å². The van der Waals surface area contributed by atoms with Gasteiger partial charge < -0.3 is 10.1 Å². The van der Waals surface area contributed by atoms with Crippen molar-refractivity contribution in [2.75, 3.05) is 5.32 Å². The van der Waals surface area contributed by atoms with Crippen LogP contribution in [0.3, 0.4) is 0 Å². The van der Waals surface area contributed by atoms with E-state index in [1.807, 2.05) is 0 Å². The third-order valence-corrected chi connectivity index (χ3v) is 4.60. The first-order chi connectivity index (χ1) is 8.74. The van der Waals surface area contributed by atoms with Crippen molar-refractivity contribution >= 4 is 5.69 Å². The Balaban J connectivity index is 1.75. The van der Waals surface area contributed by atoms with E-state index in [2.05, 4.69) is 37.4 Å². The molecule has 2 atom stereocenters. The van der Waals surface area contributed by atoms with Crippen LogP contribution in [0.15, 0.2) is 18.2 Å². The van der Waals surface area contributed by atoms with E-state index in [0.717, 1.165) is 25.0 Å². The second-order valence-electron chi connectivity index (χ2n) is 6.03. The third-order valence-electron chi connectivity index (χ3n) is 4.60. The molecule has 1 fully saturated rings. The van der Waals surface area contributed by atoms with E-state index in [4.69, 9.17) is 4.74 Å². The predicted octanol–water partition coefficient (Wildman–Crippen LogP) is 3.95. The first-order valence-electron chi connectivity index (χ1n) is 7.20. The van der Waals surface area contributed by atoms with E-state index >= 15 is 0 Å². The van der Waals surface area contributed by atoms with Gasteiger partial charge in [-0.3, -0.25) is 0 Å². The maximum atomic E-state index is 5.47. The molecule has 2 nitrogen and oxygen atoms in total. The van der Waals surface area contributed by atoms with E-state index in [0.29, 0.717) is 6.04 Å². The molecule has 0 saturated heterocycles. The fraction of sp³-hybridized carbons (Fsp3) is 0.625. The van der Waals surface area contributed by atoms with Crippen LogP contribution in [0, 0.1) is 11.8 Å². The molecule has 3 rings (SSSR count). The van der Waals surface area contributed by atoms with Crippen molar-refractivity contribution in [1.29, 1.82) is 0 Å². The van der Waals surface area contributed by atoms with Crippen LogP contribution in [0.1, 0.15) is 44.2 Å². The fourth-order valence-electron chi connectivity index (χ4n) is 3.42. The predicted molar refractivity (Wildman–Crippen MR) is 74.5 cm³/mol. The summed E-state index contributed by atoms with van der Waals surface area (Å²) in [5.41, 5.74) is 3.98. The lowest BCUT2D eigenvalue weighted by molar-refractivity contribution is 0.134. The van der Waals surface area contributed by atoms with Crippen LogP contribution in [0.4, 0.5) is 5.69 Å². The zero-order valence-electron chi connectivity index (χ0n) is 11.4. The maximum absolute atomic E-state index is 5.47. The molecule has 1 aromatic rings. The Morgan fingerprint density at radius 2 is 1.78 bits per heavy atom. The molecule has 1 heterocycles. The molecule has 1 N–H and O–H groups in total. The van der Waals surface area contributed by atoms with Crippen LogP contribution >= 0.6 is 0 Å². The van der Waals surface area contributed by atoms with E-state index in [1.165, 1.54) is 36.1 Å². The molecule has 2 aliphatic rings. The molecular weight excluding hydrogens is 222 g/mol. The topological polar surface area (TPSA) is 21.3 Å². The van der Waals surface area contributed by atoms with Gasteiger partial charge in [0.05, 0.1) is 13.2 Å². The van der Waals surface area contributed by atoms with Crippen LogP contribution in [0.2, 0.25) is 0 Å². The van der Waals surface area contributed by atoms with Gasteiger partial charge in [-0.1, -0.05) is 26.3 Å². The van der Waals surface area contributed by atoms with Crippen molar-refractivity contribution in [2.24, 2.45) is 11.8 Å². The molecule has 0 spiro atoms. The van der Waals surface area contributed by atoms with E-state index < -0.39 is 0 Å². The highest BCUT2D eigenvalue weighted by Crippen LogP contribution is 2.32. The number of ether oxygens (including phenoxy) is 1. The van der Waals surface area contributed by atoms with Crippen LogP contribution in [-0.2, 0) is 18.0 Å². The molecule has 1 saturated carbocycles. The molecule has 1 aliphatic carbocycles. The lowest BCUT2D eigenvalue weighted by atomic mass is 9.78. The van der Waals surface area contributed by atoms with Crippen molar-refractivity contribution < 1.29 is 4.74 Å². The number of anilines is 1. The highest BCUT2D eigenvalue weighted by molar-refractivity contribution is 5.50. The Morgan fingerprint density at radius 1 is 1.06 bits per heavy atom. The molecule has 0 bridgehead atoms. The third kappa shape index (κ3) is 2.26. The van der Waals surface area contributed by atoms with Crippen LogP contribution in [-0.4, -0.2) is 6.04 Å². The quantitative estimate of drug-likeness (QED) is 0.851. The summed E-state index contributed by atoms with van der Waals surface area (Å²) < 4.78 is 5.47. The second-order valence-corrected chi connectivity index (χ2v) is 6.03. The Morgan fingerprint density at radius 3 is 2.56 bits per heavy atom. The number of fused-ring (bicyclic) bond motifs is 1. The van der Waals surface area contributed by atoms with Crippen molar-refractivity contribution in [1.82, 2.24) is 0 Å². The number of benzene rings is 1. The van der Waals surface area contributed by atoms with Gasteiger partial charge in [0, 0.05) is 11.7 Å². The van der Waals surface area contributed by atoms with Crippen LogP contribution in [0.25, 0.3) is 0 Å². The Bertz CT molecular complexity index is 419. The Hall–Kier alpha value is -1.02. The summed E-state index contributed by atoms with van der Waals surface area (Å²) >= 11 is 0. The molecule has 18 heavy (non-hydrogen) atoms. The molecule has 98 valence electrons. The molecular formula is C16H23NO. The summed E-state index contributed by atoms with van der Waals surface area (Å²) in [5.74, 6) is 1.55. The van der Waals surface area contributed by atoms with Crippen molar-refractivity contribution in [2.45, 2.75) is 52.4 Å². The summed E-state index contributed by atoms with van der Waals surface area (Å²) in [6.07, 6.45) is 4.10. The van der Waals surface area contributed by atoms with Gasteiger partial charge in [-0.25, -0.2) is 0 Å². The molecule has 0 aromatic heterocycles. The largest absolute Gasteiger partial charge is 0.382 e. The highest BCUT2D eigenvalue weighted by Gasteiger charge is 2.27. The SMILES string of the molecule is CC1CCCC(C)C1Nc1ccc2c(c1)COC2. The minimum atomic E-state index is 0.624. The summed E-state index contributed by atoms with van der Waals surface area (Å²) in [6.45, 7) is 6.32.